The molecule has 99 heavy (non-hydrogen) atoms. The van der Waals surface area contributed by atoms with Crippen LogP contribution in [0, 0.1) is 0 Å². The number of ether oxygens (including phenoxy) is 6. The largest absolute Gasteiger partial charge is 0.394 e. The molecule has 578 valence electrons. The monoisotopic (exact) mass is 1410 g/mol. The number of rotatable bonds is 63. The molecule has 0 aromatic heterocycles. The summed E-state index contributed by atoms with van der Waals surface area (Å²) in [6, 6.07) is -0.887. The van der Waals surface area contributed by atoms with Crippen molar-refractivity contribution >= 4 is 5.91 Å². The SMILES string of the molecule is CC/C=C\C/C=C\C/C=C\C/C=C\C/C=C\CCCCCCCCCCCCCCCCCCCCCCCC(=O)NC(COC1OC(CO)C(OC2OC(CO)C(OC3OC(CO)C(O)C(O)C3O)C(O)C2O)C(O)C1O)C(O)CCCCCCCCCCCCCCCCCCC. The molecule has 0 radical (unpaired) electrons. The number of allylic oxidation sites excluding steroid dienone is 10. The summed E-state index contributed by atoms with van der Waals surface area (Å²) in [4.78, 5) is 13.5. The molecule has 3 heterocycles. The summed E-state index contributed by atoms with van der Waals surface area (Å²) in [6.07, 6.45) is 50.3. The number of carbonyl (C=O) groups excluding carboxylic acids is 1. The van der Waals surface area contributed by atoms with Crippen molar-refractivity contribution in [1.29, 1.82) is 0 Å². The van der Waals surface area contributed by atoms with E-state index < -0.39 is 124 Å². The molecular formula is C80H145NO18. The van der Waals surface area contributed by atoms with Crippen LogP contribution in [0.2, 0.25) is 0 Å². The molecule has 3 fully saturated rings. The maximum atomic E-state index is 13.5. The van der Waals surface area contributed by atoms with Gasteiger partial charge < -0.3 is 89.9 Å². The van der Waals surface area contributed by atoms with Crippen LogP contribution in [-0.4, -0.2) is 193 Å². The van der Waals surface area contributed by atoms with Crippen LogP contribution < -0.4 is 5.32 Å². The fraction of sp³-hybridized carbons (Fsp3) is 0.863. The number of nitrogens with one attached hydrogen (secondary N) is 1. The number of hydrogen-bond donors (Lipinski definition) is 12. The predicted octanol–water partition coefficient (Wildman–Crippen LogP) is 13.1. The lowest BCUT2D eigenvalue weighted by Gasteiger charge is -2.48. The molecule has 0 aromatic rings. The molecule has 3 aliphatic heterocycles. The third-order valence-corrected chi connectivity index (χ3v) is 19.9. The maximum absolute atomic E-state index is 13.5. The van der Waals surface area contributed by atoms with E-state index in [0.717, 1.165) is 77.0 Å². The average Bonchev–Trinajstić information content (AvgIpc) is 0.786. The van der Waals surface area contributed by atoms with Gasteiger partial charge in [-0.2, -0.15) is 0 Å². The normalized spacial score (nSPS) is 26.9. The van der Waals surface area contributed by atoms with Crippen LogP contribution in [0.5, 0.6) is 0 Å². The second-order valence-corrected chi connectivity index (χ2v) is 28.5. The Balaban J connectivity index is 1.31. The minimum Gasteiger partial charge on any atom is -0.394 e. The van der Waals surface area contributed by atoms with E-state index in [1.807, 2.05) is 0 Å². The molecule has 3 aliphatic rings. The van der Waals surface area contributed by atoms with Crippen molar-refractivity contribution in [1.82, 2.24) is 5.32 Å². The van der Waals surface area contributed by atoms with Crippen LogP contribution in [0.15, 0.2) is 60.8 Å². The molecule has 1 amide bonds. The van der Waals surface area contributed by atoms with Gasteiger partial charge in [0, 0.05) is 6.42 Å². The van der Waals surface area contributed by atoms with Crippen molar-refractivity contribution in [2.45, 2.75) is 413 Å². The Morgan fingerprint density at radius 3 is 1.09 bits per heavy atom. The zero-order valence-electron chi connectivity index (χ0n) is 61.7. The van der Waals surface area contributed by atoms with E-state index in [1.54, 1.807) is 0 Å². The van der Waals surface area contributed by atoms with Crippen LogP contribution in [0.1, 0.15) is 309 Å². The van der Waals surface area contributed by atoms with Gasteiger partial charge in [-0.25, -0.2) is 0 Å². The Morgan fingerprint density at radius 1 is 0.374 bits per heavy atom. The minimum absolute atomic E-state index is 0.238. The minimum atomic E-state index is -1.97. The summed E-state index contributed by atoms with van der Waals surface area (Å²) in [5.41, 5.74) is 0. The molecule has 12 N–H and O–H groups in total. The first kappa shape index (κ1) is 90.7. The number of aliphatic hydroxyl groups is 11. The third kappa shape index (κ3) is 41.1. The lowest BCUT2D eigenvalue weighted by atomic mass is 9.96. The Labute approximate surface area is 598 Å². The smallest absolute Gasteiger partial charge is 0.220 e. The van der Waals surface area contributed by atoms with Gasteiger partial charge in [0.1, 0.15) is 73.2 Å². The van der Waals surface area contributed by atoms with E-state index in [-0.39, 0.29) is 18.9 Å². The number of unbranched alkanes of at least 4 members (excludes halogenated alkanes) is 37. The van der Waals surface area contributed by atoms with Gasteiger partial charge >= 0.3 is 0 Å². The van der Waals surface area contributed by atoms with Crippen molar-refractivity contribution in [3.05, 3.63) is 60.8 Å². The van der Waals surface area contributed by atoms with Gasteiger partial charge in [0.15, 0.2) is 18.9 Å². The second-order valence-electron chi connectivity index (χ2n) is 28.5. The van der Waals surface area contributed by atoms with Crippen molar-refractivity contribution in [2.75, 3.05) is 26.4 Å². The van der Waals surface area contributed by atoms with Gasteiger partial charge in [0.2, 0.25) is 5.91 Å². The van der Waals surface area contributed by atoms with E-state index in [2.05, 4.69) is 79.9 Å². The van der Waals surface area contributed by atoms with Crippen LogP contribution in [0.4, 0.5) is 0 Å². The average molecular weight is 1410 g/mol. The summed E-state index contributed by atoms with van der Waals surface area (Å²) in [5.74, 6) is -0.238. The molecule has 0 aromatic carbocycles. The summed E-state index contributed by atoms with van der Waals surface area (Å²) in [7, 11) is 0. The van der Waals surface area contributed by atoms with Gasteiger partial charge in [-0.3, -0.25) is 4.79 Å². The first-order valence-electron chi connectivity index (χ1n) is 40.0. The molecule has 19 nitrogen and oxygen atoms in total. The van der Waals surface area contributed by atoms with E-state index in [4.69, 9.17) is 28.4 Å². The number of amides is 1. The highest BCUT2D eigenvalue weighted by molar-refractivity contribution is 5.76. The number of carbonyl (C=O) groups is 1. The fourth-order valence-corrected chi connectivity index (χ4v) is 13.5. The van der Waals surface area contributed by atoms with Crippen molar-refractivity contribution in [3.63, 3.8) is 0 Å². The third-order valence-electron chi connectivity index (χ3n) is 19.9. The highest BCUT2D eigenvalue weighted by atomic mass is 16.8. The fourth-order valence-electron chi connectivity index (χ4n) is 13.5. The quantitative estimate of drug-likeness (QED) is 0.0199. The van der Waals surface area contributed by atoms with Gasteiger partial charge in [-0.1, -0.05) is 306 Å². The Hall–Kier alpha value is -2.51. The number of aliphatic hydroxyl groups excluding tert-OH is 11. The Bertz CT molecular complexity index is 2020. The lowest BCUT2D eigenvalue weighted by Crippen LogP contribution is -2.66. The van der Waals surface area contributed by atoms with Crippen molar-refractivity contribution in [2.24, 2.45) is 0 Å². The maximum Gasteiger partial charge on any atom is 0.220 e. The summed E-state index contributed by atoms with van der Waals surface area (Å²) >= 11 is 0. The van der Waals surface area contributed by atoms with Gasteiger partial charge in [0.05, 0.1) is 38.6 Å². The standard InChI is InChI=1S/C80H145NO18/c1-3-5-7-9-11-13-15-17-19-21-22-23-24-25-26-27-28-29-30-31-32-33-34-35-36-37-38-39-40-42-44-46-48-50-52-54-56-58-68(86)81-63(64(85)57-55-53-51-49-47-45-43-41-20-18-16-14-12-10-8-6-4-2)62-94-78-74(92)71(89)76(66(60-83)96-78)99-80-75(93)72(90)77(67(61-84)97-80)98-79-73(91)70(88)69(87)65(59-82)95-79/h5,7,11,13,17,19,22-23,25-26,63-67,69-80,82-85,87-93H,3-4,6,8-10,12,14-16,18,20-21,24,27-62H2,1-2H3,(H,81,86)/b7-5-,13-11-,19-17-,23-22-,26-25-. The van der Waals surface area contributed by atoms with E-state index >= 15 is 0 Å². The van der Waals surface area contributed by atoms with Crippen LogP contribution in [-0.2, 0) is 33.2 Å². The summed E-state index contributed by atoms with van der Waals surface area (Å²) in [5, 5.41) is 121. The molecule has 17 atom stereocenters. The highest BCUT2D eigenvalue weighted by Gasteiger charge is 2.54. The molecule has 19 heteroatoms. The van der Waals surface area contributed by atoms with Gasteiger partial charge in [-0.15, -0.1) is 0 Å². The van der Waals surface area contributed by atoms with Crippen molar-refractivity contribution in [3.8, 4) is 0 Å². The molecule has 0 spiro atoms. The molecule has 3 saturated heterocycles. The first-order valence-corrected chi connectivity index (χ1v) is 40.0. The van der Waals surface area contributed by atoms with E-state index in [1.165, 1.54) is 199 Å². The highest BCUT2D eigenvalue weighted by Crippen LogP contribution is 2.33. The van der Waals surface area contributed by atoms with Crippen LogP contribution in [0.25, 0.3) is 0 Å². The summed E-state index contributed by atoms with van der Waals surface area (Å²) < 4.78 is 34.5. The Morgan fingerprint density at radius 2 is 0.697 bits per heavy atom. The van der Waals surface area contributed by atoms with Gasteiger partial charge in [-0.05, 0) is 57.8 Å². The van der Waals surface area contributed by atoms with Gasteiger partial charge in [0.25, 0.3) is 0 Å². The zero-order valence-corrected chi connectivity index (χ0v) is 61.7. The van der Waals surface area contributed by atoms with E-state index in [9.17, 15) is 61.0 Å². The van der Waals surface area contributed by atoms with Crippen LogP contribution >= 0.6 is 0 Å². The Kier molecular flexibility index (Phi) is 55.6. The van der Waals surface area contributed by atoms with E-state index in [0.29, 0.717) is 12.8 Å². The lowest BCUT2D eigenvalue weighted by molar-refractivity contribution is -0.379. The summed E-state index contributed by atoms with van der Waals surface area (Å²) in [6.45, 7) is 1.72. The first-order chi connectivity index (χ1) is 48.3. The van der Waals surface area contributed by atoms with Crippen LogP contribution in [0.3, 0.4) is 0 Å². The predicted molar refractivity (Wildman–Crippen MR) is 392 cm³/mol. The molecule has 3 rings (SSSR count). The molecule has 0 aliphatic carbocycles. The number of hydrogen-bond acceptors (Lipinski definition) is 18. The molecule has 0 bridgehead atoms. The second kappa shape index (κ2) is 60.7. The van der Waals surface area contributed by atoms with Crippen molar-refractivity contribution < 1.29 is 89.4 Å². The molecular weight excluding hydrogens is 1260 g/mol. The molecule has 17 unspecified atom stereocenters. The topological polar surface area (TPSA) is 307 Å². The zero-order chi connectivity index (χ0) is 71.8. The molecule has 0 saturated carbocycles.